The number of rotatable bonds is 7. The average molecular weight is 500 g/mol. The lowest BCUT2D eigenvalue weighted by atomic mass is 9.69. The van der Waals surface area contributed by atoms with Gasteiger partial charge >= 0.3 is 24.2 Å². The monoisotopic (exact) mass is 500 g/mol. The summed E-state index contributed by atoms with van der Waals surface area (Å²) in [6, 6.07) is 9.68. The second-order valence-corrected chi connectivity index (χ2v) is 8.67. The number of carboxylic acids is 1. The molecule has 1 aliphatic carbocycles. The fourth-order valence-corrected chi connectivity index (χ4v) is 3.81. The lowest BCUT2D eigenvalue weighted by Crippen LogP contribution is -2.43. The molecule has 8 nitrogen and oxygen atoms in total. The van der Waals surface area contributed by atoms with Crippen LogP contribution < -0.4 is 15.4 Å². The molecule has 0 unspecified atom stereocenters. The number of nitrogens with one attached hydrogen (secondary N) is 2. The second-order valence-electron chi connectivity index (χ2n) is 8.67. The molecule has 3 N–H and O–H groups in total. The van der Waals surface area contributed by atoms with Crippen molar-refractivity contribution in [3.8, 4) is 17.1 Å². The molecule has 1 heterocycles. The quantitative estimate of drug-likeness (QED) is 0.381. The first-order chi connectivity index (χ1) is 17.1. The normalized spacial score (nSPS) is 14.4. The summed E-state index contributed by atoms with van der Waals surface area (Å²) in [6.45, 7) is 1.37. The van der Waals surface area contributed by atoms with E-state index in [2.05, 4.69) is 20.6 Å². The van der Waals surface area contributed by atoms with Gasteiger partial charge in [0.05, 0.1) is 5.56 Å². The Hall–Kier alpha value is -4.15. The molecule has 2 aromatic carbocycles. The van der Waals surface area contributed by atoms with Crippen LogP contribution in [0.5, 0.6) is 6.01 Å². The lowest BCUT2D eigenvalue weighted by Gasteiger charge is -2.36. The Morgan fingerprint density at radius 2 is 1.61 bits per heavy atom. The van der Waals surface area contributed by atoms with Gasteiger partial charge in [0.25, 0.3) is 0 Å². The van der Waals surface area contributed by atoms with E-state index in [0.29, 0.717) is 24.1 Å². The largest absolute Gasteiger partial charge is 0.481 e. The predicted octanol–water partition coefficient (Wildman–Crippen LogP) is 5.75. The SMILES string of the molecule is Cc1ccc(NC(=O)Nc2ccc(-c3cnc(OCC4(C(=O)O)CCC4)nc3)cc2)cc1C(F)(F)F. The minimum Gasteiger partial charge on any atom is -0.481 e. The van der Waals surface area contributed by atoms with E-state index in [0.717, 1.165) is 18.1 Å². The van der Waals surface area contributed by atoms with E-state index >= 15 is 0 Å². The first-order valence-electron chi connectivity index (χ1n) is 11.1. The van der Waals surface area contributed by atoms with Crippen LogP contribution in [-0.4, -0.2) is 33.7 Å². The number of ether oxygens (including phenoxy) is 1. The van der Waals surface area contributed by atoms with Gasteiger partial charge in [-0.25, -0.2) is 14.8 Å². The Morgan fingerprint density at radius 1 is 1.00 bits per heavy atom. The summed E-state index contributed by atoms with van der Waals surface area (Å²) in [5.74, 6) is -0.877. The van der Waals surface area contributed by atoms with Crippen molar-refractivity contribution in [3.05, 3.63) is 66.0 Å². The highest BCUT2D eigenvalue weighted by atomic mass is 19.4. The fourth-order valence-electron chi connectivity index (χ4n) is 3.81. The number of hydrogen-bond donors (Lipinski definition) is 3. The zero-order valence-corrected chi connectivity index (χ0v) is 19.2. The zero-order chi connectivity index (χ0) is 25.9. The molecular weight excluding hydrogens is 477 g/mol. The summed E-state index contributed by atoms with van der Waals surface area (Å²) < 4.78 is 44.7. The Labute approximate surface area is 204 Å². The molecule has 2 amide bonds. The Balaban J connectivity index is 1.34. The van der Waals surface area contributed by atoms with Crippen molar-refractivity contribution in [1.29, 1.82) is 0 Å². The minimum absolute atomic E-state index is 0.0181. The van der Waals surface area contributed by atoms with Crippen molar-refractivity contribution in [2.45, 2.75) is 32.4 Å². The van der Waals surface area contributed by atoms with Gasteiger partial charge in [-0.15, -0.1) is 0 Å². The van der Waals surface area contributed by atoms with E-state index in [1.807, 2.05) is 0 Å². The van der Waals surface area contributed by atoms with Crippen molar-refractivity contribution in [3.63, 3.8) is 0 Å². The molecule has 11 heteroatoms. The highest BCUT2D eigenvalue weighted by molar-refractivity contribution is 6.00. The third-order valence-corrected chi connectivity index (χ3v) is 6.15. The number of benzene rings is 2. The number of anilines is 2. The maximum absolute atomic E-state index is 13.1. The Morgan fingerprint density at radius 3 is 2.17 bits per heavy atom. The topological polar surface area (TPSA) is 113 Å². The standard InChI is InChI=1S/C25H23F3N4O4/c1-15-3-6-19(11-20(15)25(26,27)28)32-22(35)31-18-7-4-16(5-8-18)17-12-29-23(30-13-17)36-14-24(21(33)34)9-2-10-24/h3-8,11-13H,2,9-10,14H2,1H3,(H,33,34)(H2,31,32,35). The van der Waals surface area contributed by atoms with Crippen LogP contribution in [0.3, 0.4) is 0 Å². The number of carboxylic acid groups (broad SMARTS) is 1. The molecule has 1 aliphatic rings. The molecule has 0 bridgehead atoms. The molecule has 0 spiro atoms. The van der Waals surface area contributed by atoms with Gasteiger partial charge in [0, 0.05) is 29.3 Å². The van der Waals surface area contributed by atoms with E-state index in [4.69, 9.17) is 4.74 Å². The summed E-state index contributed by atoms with van der Waals surface area (Å²) in [6.07, 6.45) is 0.561. The number of aliphatic carboxylic acids is 1. The van der Waals surface area contributed by atoms with E-state index in [1.165, 1.54) is 19.1 Å². The summed E-state index contributed by atoms with van der Waals surface area (Å²) >= 11 is 0. The van der Waals surface area contributed by atoms with Crippen molar-refractivity contribution >= 4 is 23.4 Å². The number of nitrogens with zero attached hydrogens (tertiary/aromatic N) is 2. The van der Waals surface area contributed by atoms with Gasteiger partial charge in [0.15, 0.2) is 0 Å². The van der Waals surface area contributed by atoms with Crippen molar-refractivity contribution in [1.82, 2.24) is 9.97 Å². The van der Waals surface area contributed by atoms with Crippen LogP contribution in [0.25, 0.3) is 11.1 Å². The molecule has 0 radical (unpaired) electrons. The van der Waals surface area contributed by atoms with Crippen LogP contribution in [0.4, 0.5) is 29.3 Å². The highest BCUT2D eigenvalue weighted by Gasteiger charge is 2.45. The second kappa shape index (κ2) is 9.84. The van der Waals surface area contributed by atoms with Crippen molar-refractivity contribution in [2.24, 2.45) is 5.41 Å². The number of aryl methyl sites for hydroxylation is 1. The maximum Gasteiger partial charge on any atom is 0.416 e. The molecule has 36 heavy (non-hydrogen) atoms. The smallest absolute Gasteiger partial charge is 0.416 e. The van der Waals surface area contributed by atoms with Gasteiger partial charge in [-0.05, 0) is 55.2 Å². The van der Waals surface area contributed by atoms with E-state index in [-0.39, 0.29) is 23.9 Å². The molecule has 1 fully saturated rings. The van der Waals surface area contributed by atoms with E-state index in [1.54, 1.807) is 36.7 Å². The van der Waals surface area contributed by atoms with E-state index in [9.17, 15) is 27.9 Å². The van der Waals surface area contributed by atoms with Crippen LogP contribution in [-0.2, 0) is 11.0 Å². The molecule has 1 aromatic heterocycles. The molecular formula is C25H23F3N4O4. The predicted molar refractivity (Wildman–Crippen MR) is 126 cm³/mol. The third kappa shape index (κ3) is 5.56. The summed E-state index contributed by atoms with van der Waals surface area (Å²) in [7, 11) is 0. The van der Waals surface area contributed by atoms with Crippen LogP contribution in [0, 0.1) is 12.3 Å². The fraction of sp³-hybridized carbons (Fsp3) is 0.280. The molecule has 3 aromatic rings. The first kappa shape index (κ1) is 25.0. The number of urea groups is 1. The van der Waals surface area contributed by atoms with E-state index < -0.39 is 29.2 Å². The summed E-state index contributed by atoms with van der Waals surface area (Å²) in [4.78, 5) is 31.9. The number of aromatic nitrogens is 2. The lowest BCUT2D eigenvalue weighted by molar-refractivity contribution is -0.157. The highest BCUT2D eigenvalue weighted by Crippen LogP contribution is 2.41. The zero-order valence-electron chi connectivity index (χ0n) is 19.2. The molecule has 188 valence electrons. The number of hydrogen-bond acceptors (Lipinski definition) is 5. The van der Waals surface area contributed by atoms with Gasteiger partial charge in [0.2, 0.25) is 0 Å². The Bertz CT molecular complexity index is 1260. The maximum atomic E-state index is 13.1. The van der Waals surface area contributed by atoms with Gasteiger partial charge in [-0.3, -0.25) is 4.79 Å². The number of carbonyl (C=O) groups excluding carboxylic acids is 1. The van der Waals surface area contributed by atoms with Gasteiger partial charge in [0.1, 0.15) is 12.0 Å². The Kier molecular flexibility index (Phi) is 6.82. The number of alkyl halides is 3. The van der Waals surface area contributed by atoms with Crippen LogP contribution in [0.15, 0.2) is 54.9 Å². The van der Waals surface area contributed by atoms with Crippen LogP contribution in [0.1, 0.15) is 30.4 Å². The summed E-state index contributed by atoms with van der Waals surface area (Å²) in [5, 5.41) is 14.3. The molecule has 0 saturated heterocycles. The van der Waals surface area contributed by atoms with Crippen molar-refractivity contribution in [2.75, 3.05) is 17.2 Å². The average Bonchev–Trinajstić information content (AvgIpc) is 2.79. The molecule has 0 atom stereocenters. The van der Waals surface area contributed by atoms with Crippen LogP contribution >= 0.6 is 0 Å². The molecule has 1 saturated carbocycles. The summed E-state index contributed by atoms with van der Waals surface area (Å²) in [5.41, 5.74) is 0.267. The molecule has 4 rings (SSSR count). The first-order valence-corrected chi connectivity index (χ1v) is 11.1. The number of halogens is 3. The van der Waals surface area contributed by atoms with Crippen LogP contribution in [0.2, 0.25) is 0 Å². The van der Waals surface area contributed by atoms with Gasteiger partial charge < -0.3 is 20.5 Å². The molecule has 0 aliphatic heterocycles. The third-order valence-electron chi connectivity index (χ3n) is 6.15. The number of amides is 2. The number of carbonyl (C=O) groups is 2. The van der Waals surface area contributed by atoms with Gasteiger partial charge in [-0.1, -0.05) is 24.6 Å². The van der Waals surface area contributed by atoms with Crippen molar-refractivity contribution < 1.29 is 32.6 Å². The van der Waals surface area contributed by atoms with Gasteiger partial charge in [-0.2, -0.15) is 13.2 Å². The minimum atomic E-state index is -4.51.